The number of amides is 1. The highest BCUT2D eigenvalue weighted by Crippen LogP contribution is 2.18. The highest BCUT2D eigenvalue weighted by atomic mass is 16.5. The van der Waals surface area contributed by atoms with Gasteiger partial charge in [-0.15, -0.1) is 0 Å². The third-order valence-corrected chi connectivity index (χ3v) is 3.26. The summed E-state index contributed by atoms with van der Waals surface area (Å²) in [7, 11) is 1.34. The molecule has 1 aliphatic rings. The second-order valence-corrected chi connectivity index (χ2v) is 4.52. The number of carbonyl (C=O) groups excluding carboxylic acids is 2. The molecule has 0 atom stereocenters. The molecule has 4 heteroatoms. The predicted molar refractivity (Wildman–Crippen MR) is 67.5 cm³/mol. The third-order valence-electron chi connectivity index (χ3n) is 3.26. The van der Waals surface area contributed by atoms with E-state index in [2.05, 4.69) is 10.1 Å². The summed E-state index contributed by atoms with van der Waals surface area (Å²) < 4.78 is 4.60. The van der Waals surface area contributed by atoms with Gasteiger partial charge in [-0.05, 0) is 37.1 Å². The van der Waals surface area contributed by atoms with Crippen LogP contribution in [0.4, 0.5) is 0 Å². The van der Waals surface area contributed by atoms with Crippen molar-refractivity contribution in [1.29, 1.82) is 0 Å². The monoisotopic (exact) mass is 247 g/mol. The zero-order valence-electron chi connectivity index (χ0n) is 10.4. The molecule has 0 saturated heterocycles. The van der Waals surface area contributed by atoms with Crippen molar-refractivity contribution >= 4 is 11.9 Å². The zero-order valence-corrected chi connectivity index (χ0v) is 10.4. The predicted octanol–water partition coefficient (Wildman–Crippen LogP) is 2.15. The standard InChI is InChI=1S/C14H17NO3/c1-18-14(17)11-8-6-10(7-9-11)13(16)15-12-4-2-3-5-12/h6-9,12H,2-5H2,1H3,(H,15,16). The molecule has 0 aliphatic heterocycles. The Morgan fingerprint density at radius 1 is 1.11 bits per heavy atom. The fraction of sp³-hybridized carbons (Fsp3) is 0.429. The van der Waals surface area contributed by atoms with Gasteiger partial charge in [-0.2, -0.15) is 0 Å². The number of hydrogen-bond donors (Lipinski definition) is 1. The molecular formula is C14H17NO3. The average Bonchev–Trinajstić information content (AvgIpc) is 2.91. The minimum Gasteiger partial charge on any atom is -0.465 e. The van der Waals surface area contributed by atoms with Crippen molar-refractivity contribution in [2.24, 2.45) is 0 Å². The minimum absolute atomic E-state index is 0.0710. The van der Waals surface area contributed by atoms with Gasteiger partial charge in [0.05, 0.1) is 12.7 Å². The van der Waals surface area contributed by atoms with Gasteiger partial charge in [0.1, 0.15) is 0 Å². The summed E-state index contributed by atoms with van der Waals surface area (Å²) in [5.74, 6) is -0.462. The molecule has 4 nitrogen and oxygen atoms in total. The molecule has 1 aromatic carbocycles. The Kier molecular flexibility index (Phi) is 3.97. The van der Waals surface area contributed by atoms with Crippen LogP contribution in [0.5, 0.6) is 0 Å². The van der Waals surface area contributed by atoms with Crippen LogP contribution < -0.4 is 5.32 Å². The lowest BCUT2D eigenvalue weighted by Crippen LogP contribution is -2.32. The van der Waals surface area contributed by atoms with Crippen molar-refractivity contribution in [3.05, 3.63) is 35.4 Å². The maximum Gasteiger partial charge on any atom is 0.337 e. The number of methoxy groups -OCH3 is 1. The van der Waals surface area contributed by atoms with Crippen molar-refractivity contribution in [2.75, 3.05) is 7.11 Å². The molecule has 1 aliphatic carbocycles. The summed E-state index contributed by atoms with van der Waals surface area (Å²) in [5, 5.41) is 3.00. The molecule has 1 fully saturated rings. The van der Waals surface area contributed by atoms with E-state index in [1.54, 1.807) is 24.3 Å². The van der Waals surface area contributed by atoms with Crippen molar-refractivity contribution < 1.29 is 14.3 Å². The Morgan fingerprint density at radius 2 is 1.67 bits per heavy atom. The number of nitrogens with one attached hydrogen (secondary N) is 1. The minimum atomic E-state index is -0.391. The van der Waals surface area contributed by atoms with Gasteiger partial charge in [0, 0.05) is 11.6 Å². The molecule has 0 unspecified atom stereocenters. The molecule has 1 aromatic rings. The van der Waals surface area contributed by atoms with E-state index in [4.69, 9.17) is 0 Å². The van der Waals surface area contributed by atoms with Gasteiger partial charge in [-0.1, -0.05) is 12.8 Å². The van der Waals surface area contributed by atoms with Gasteiger partial charge in [0.25, 0.3) is 5.91 Å². The molecule has 0 spiro atoms. The van der Waals surface area contributed by atoms with Crippen LogP contribution in [0.2, 0.25) is 0 Å². The molecule has 18 heavy (non-hydrogen) atoms. The normalized spacial score (nSPS) is 15.4. The van der Waals surface area contributed by atoms with Crippen molar-refractivity contribution in [1.82, 2.24) is 5.32 Å². The van der Waals surface area contributed by atoms with Crippen molar-refractivity contribution in [3.63, 3.8) is 0 Å². The van der Waals surface area contributed by atoms with Gasteiger partial charge < -0.3 is 10.1 Å². The summed E-state index contributed by atoms with van der Waals surface area (Å²) >= 11 is 0. The zero-order chi connectivity index (χ0) is 13.0. The first-order chi connectivity index (χ1) is 8.70. The number of carbonyl (C=O) groups is 2. The molecular weight excluding hydrogens is 230 g/mol. The highest BCUT2D eigenvalue weighted by Gasteiger charge is 2.18. The Morgan fingerprint density at radius 3 is 2.22 bits per heavy atom. The first-order valence-electron chi connectivity index (χ1n) is 6.20. The molecule has 96 valence electrons. The smallest absolute Gasteiger partial charge is 0.337 e. The largest absolute Gasteiger partial charge is 0.465 e. The van der Waals surface area contributed by atoms with E-state index in [-0.39, 0.29) is 5.91 Å². The quantitative estimate of drug-likeness (QED) is 0.833. The number of rotatable bonds is 3. The van der Waals surface area contributed by atoms with Crippen LogP contribution in [0.25, 0.3) is 0 Å². The second kappa shape index (κ2) is 5.67. The molecule has 1 saturated carbocycles. The van der Waals surface area contributed by atoms with E-state index in [9.17, 15) is 9.59 Å². The molecule has 1 N–H and O–H groups in total. The molecule has 0 bridgehead atoms. The molecule has 0 aromatic heterocycles. The number of benzene rings is 1. The van der Waals surface area contributed by atoms with Crippen molar-refractivity contribution in [2.45, 2.75) is 31.7 Å². The first-order valence-corrected chi connectivity index (χ1v) is 6.20. The SMILES string of the molecule is COC(=O)c1ccc(C(=O)NC2CCCC2)cc1. The lowest BCUT2D eigenvalue weighted by atomic mass is 10.1. The van der Waals surface area contributed by atoms with E-state index in [0.29, 0.717) is 17.2 Å². The van der Waals surface area contributed by atoms with Crippen molar-refractivity contribution in [3.8, 4) is 0 Å². The van der Waals surface area contributed by atoms with E-state index >= 15 is 0 Å². The number of ether oxygens (including phenoxy) is 1. The van der Waals surface area contributed by atoms with E-state index in [1.165, 1.54) is 20.0 Å². The van der Waals surface area contributed by atoms with E-state index in [0.717, 1.165) is 12.8 Å². The summed E-state index contributed by atoms with van der Waals surface area (Å²) in [4.78, 5) is 23.2. The number of esters is 1. The van der Waals surface area contributed by atoms with Crippen LogP contribution >= 0.6 is 0 Å². The van der Waals surface area contributed by atoms with Gasteiger partial charge in [-0.25, -0.2) is 4.79 Å². The Labute approximate surface area is 106 Å². The first kappa shape index (κ1) is 12.6. The Hall–Kier alpha value is -1.84. The molecule has 0 heterocycles. The topological polar surface area (TPSA) is 55.4 Å². The molecule has 0 radical (unpaired) electrons. The summed E-state index contributed by atoms with van der Waals surface area (Å²) in [6, 6.07) is 6.82. The van der Waals surface area contributed by atoms with Crippen LogP contribution in [0.15, 0.2) is 24.3 Å². The van der Waals surface area contributed by atoms with Gasteiger partial charge in [0.15, 0.2) is 0 Å². The highest BCUT2D eigenvalue weighted by molar-refractivity contribution is 5.96. The Bertz CT molecular complexity index is 433. The van der Waals surface area contributed by atoms with Crippen LogP contribution in [-0.2, 0) is 4.74 Å². The lowest BCUT2D eigenvalue weighted by Gasteiger charge is -2.11. The fourth-order valence-corrected chi connectivity index (χ4v) is 2.21. The Balaban J connectivity index is 2.00. The number of hydrogen-bond acceptors (Lipinski definition) is 3. The van der Waals surface area contributed by atoms with Crippen LogP contribution in [0.3, 0.4) is 0 Å². The van der Waals surface area contributed by atoms with Gasteiger partial charge in [0.2, 0.25) is 0 Å². The second-order valence-electron chi connectivity index (χ2n) is 4.52. The maximum absolute atomic E-state index is 11.9. The summed E-state index contributed by atoms with van der Waals surface area (Å²) in [6.07, 6.45) is 4.50. The molecule has 2 rings (SSSR count). The van der Waals surface area contributed by atoms with Crippen LogP contribution in [0.1, 0.15) is 46.4 Å². The summed E-state index contributed by atoms with van der Waals surface area (Å²) in [5.41, 5.74) is 1.03. The van der Waals surface area contributed by atoms with Crippen LogP contribution in [-0.4, -0.2) is 25.0 Å². The lowest BCUT2D eigenvalue weighted by molar-refractivity contribution is 0.0600. The van der Waals surface area contributed by atoms with E-state index < -0.39 is 5.97 Å². The van der Waals surface area contributed by atoms with E-state index in [1.807, 2.05) is 0 Å². The van der Waals surface area contributed by atoms with Gasteiger partial charge in [-0.3, -0.25) is 4.79 Å². The third kappa shape index (κ3) is 2.88. The molecule has 1 amide bonds. The summed E-state index contributed by atoms with van der Waals surface area (Å²) in [6.45, 7) is 0. The average molecular weight is 247 g/mol. The fourth-order valence-electron chi connectivity index (χ4n) is 2.21. The maximum atomic E-state index is 11.9. The van der Waals surface area contributed by atoms with Crippen LogP contribution in [0, 0.1) is 0 Å². The van der Waals surface area contributed by atoms with Gasteiger partial charge >= 0.3 is 5.97 Å².